The first-order valence-electron chi connectivity index (χ1n) is 17.0. The molecule has 1 aliphatic carbocycles. The summed E-state index contributed by atoms with van der Waals surface area (Å²) in [6.07, 6.45) is 3.75. The van der Waals surface area contributed by atoms with Crippen molar-refractivity contribution in [2.24, 2.45) is 18.9 Å². The van der Waals surface area contributed by atoms with Crippen LogP contribution in [0.4, 0.5) is 5.69 Å². The predicted octanol–water partition coefficient (Wildman–Crippen LogP) is 5.99. The Morgan fingerprint density at radius 3 is 2.39 bits per heavy atom. The van der Waals surface area contributed by atoms with Gasteiger partial charge in [-0.3, -0.25) is 19.1 Å². The number of para-hydroxylation sites is 2. The molecule has 2 N–H and O–H groups in total. The van der Waals surface area contributed by atoms with E-state index in [0.717, 1.165) is 16.5 Å². The van der Waals surface area contributed by atoms with E-state index in [-0.39, 0.29) is 23.7 Å². The summed E-state index contributed by atoms with van der Waals surface area (Å²) in [5.74, 6) is -0.729. The minimum Gasteiger partial charge on any atom is -0.487 e. The number of anilines is 1. The van der Waals surface area contributed by atoms with Crippen LogP contribution in [0.1, 0.15) is 48.6 Å². The molecule has 1 aromatic heterocycles. The number of benzene rings is 4. The molecule has 9 nitrogen and oxygen atoms in total. The first kappa shape index (κ1) is 32.1. The van der Waals surface area contributed by atoms with E-state index in [2.05, 4.69) is 27.9 Å². The Balaban J connectivity index is 1.28. The van der Waals surface area contributed by atoms with Gasteiger partial charge in [-0.05, 0) is 71.2 Å². The summed E-state index contributed by atoms with van der Waals surface area (Å²) in [6.45, 7) is 4.28. The highest BCUT2D eigenvalue weighted by Crippen LogP contribution is 2.38. The van der Waals surface area contributed by atoms with Crippen LogP contribution in [0.25, 0.3) is 10.9 Å². The zero-order chi connectivity index (χ0) is 34.1. The van der Waals surface area contributed by atoms with Crippen LogP contribution >= 0.6 is 0 Å². The molecular formula is C40H41N5O4. The van der Waals surface area contributed by atoms with Gasteiger partial charge in [-0.2, -0.15) is 5.10 Å². The van der Waals surface area contributed by atoms with Gasteiger partial charge in [-0.15, -0.1) is 0 Å². The number of fused-ring (bicyclic) bond motifs is 2. The van der Waals surface area contributed by atoms with Crippen LogP contribution in [-0.2, 0) is 40.9 Å². The molecule has 2 aliphatic rings. The van der Waals surface area contributed by atoms with Crippen molar-refractivity contribution < 1.29 is 19.1 Å². The Bertz CT molecular complexity index is 1980. The third-order valence-electron chi connectivity index (χ3n) is 10.1. The molecule has 5 aromatic rings. The summed E-state index contributed by atoms with van der Waals surface area (Å²) >= 11 is 0. The minimum absolute atomic E-state index is 0.120. The molecular weight excluding hydrogens is 614 g/mol. The quantitative estimate of drug-likeness (QED) is 0.192. The van der Waals surface area contributed by atoms with Gasteiger partial charge < -0.3 is 20.3 Å². The molecule has 4 atom stereocenters. The number of rotatable bonds is 10. The molecule has 4 aromatic carbocycles. The van der Waals surface area contributed by atoms with Crippen LogP contribution in [0.5, 0.6) is 5.75 Å². The average Bonchev–Trinajstić information content (AvgIpc) is 3.72. The van der Waals surface area contributed by atoms with Gasteiger partial charge in [-0.25, -0.2) is 0 Å². The van der Waals surface area contributed by atoms with Crippen molar-refractivity contribution in [1.29, 1.82) is 0 Å². The third kappa shape index (κ3) is 6.28. The Hall–Kier alpha value is -5.44. The van der Waals surface area contributed by atoms with Crippen molar-refractivity contribution in [3.8, 4) is 5.75 Å². The van der Waals surface area contributed by atoms with E-state index < -0.39 is 24.0 Å². The highest BCUT2D eigenvalue weighted by molar-refractivity contribution is 6.04. The second-order valence-electron chi connectivity index (χ2n) is 13.2. The molecule has 1 fully saturated rings. The first-order chi connectivity index (χ1) is 23.8. The standard InChI is InChI=1S/C40H41N5O4/c1-4-25(2)36-38(46)43-35(30-20-27-14-8-9-15-28(27)21-30)40(48)45(36)37(29-18-19-33-31(22-29)23-41-44(33)3)39(47)42-32-16-10-11-17-34(32)49-24-26-12-6-5-7-13-26/h5-19,22-23,25,30,35-37H,4,20-21,24H2,1-3H3,(H,42,47)(H,43,46)/t25?,35-,36-,37?/m1/s1. The maximum absolute atomic E-state index is 14.9. The Labute approximate surface area is 286 Å². The third-order valence-corrected chi connectivity index (χ3v) is 10.1. The zero-order valence-electron chi connectivity index (χ0n) is 28.0. The van der Waals surface area contributed by atoms with Gasteiger partial charge in [0.2, 0.25) is 11.8 Å². The van der Waals surface area contributed by atoms with E-state index in [9.17, 15) is 14.4 Å². The van der Waals surface area contributed by atoms with Gasteiger partial charge in [0.15, 0.2) is 0 Å². The lowest BCUT2D eigenvalue weighted by molar-refractivity contribution is -0.158. The fraction of sp³-hybridized carbons (Fsp3) is 0.300. The molecule has 49 heavy (non-hydrogen) atoms. The number of nitrogens with one attached hydrogen (secondary N) is 2. The lowest BCUT2D eigenvalue weighted by Gasteiger charge is -2.46. The number of carbonyl (C=O) groups excluding carboxylic acids is 3. The van der Waals surface area contributed by atoms with Crippen molar-refractivity contribution in [2.45, 2.75) is 57.8 Å². The molecule has 0 radical (unpaired) electrons. The molecule has 0 spiro atoms. The monoisotopic (exact) mass is 655 g/mol. The molecule has 9 heteroatoms. The Kier molecular flexibility index (Phi) is 8.91. The number of aromatic nitrogens is 2. The number of amides is 3. The predicted molar refractivity (Wildman–Crippen MR) is 189 cm³/mol. The van der Waals surface area contributed by atoms with Crippen LogP contribution in [0.3, 0.4) is 0 Å². The van der Waals surface area contributed by atoms with E-state index in [1.807, 2.05) is 99.8 Å². The second kappa shape index (κ2) is 13.6. The van der Waals surface area contributed by atoms with Crippen LogP contribution in [0.15, 0.2) is 103 Å². The normalized spacial score (nSPS) is 19.0. The SMILES string of the molecule is CCC(C)[C@@H]1C(=O)N[C@H](C2Cc3ccccc3C2)C(=O)N1C(C(=O)Nc1ccccc1OCc1ccccc1)c1ccc2c(cnn2C)c1. The molecule has 0 bridgehead atoms. The summed E-state index contributed by atoms with van der Waals surface area (Å²) in [4.78, 5) is 45.4. The van der Waals surface area contributed by atoms with Crippen molar-refractivity contribution in [1.82, 2.24) is 20.0 Å². The fourth-order valence-corrected chi connectivity index (χ4v) is 7.34. The van der Waals surface area contributed by atoms with Crippen molar-refractivity contribution in [3.63, 3.8) is 0 Å². The molecule has 1 saturated heterocycles. The first-order valence-corrected chi connectivity index (χ1v) is 17.0. The van der Waals surface area contributed by atoms with Crippen LogP contribution in [0.2, 0.25) is 0 Å². The van der Waals surface area contributed by atoms with Gasteiger partial charge >= 0.3 is 0 Å². The number of nitrogens with zero attached hydrogens (tertiary/aromatic N) is 3. The molecule has 0 saturated carbocycles. The van der Waals surface area contributed by atoms with E-state index >= 15 is 0 Å². The van der Waals surface area contributed by atoms with Crippen molar-refractivity contribution in [2.75, 3.05) is 5.32 Å². The van der Waals surface area contributed by atoms with Gasteiger partial charge in [0.05, 0.1) is 17.4 Å². The maximum atomic E-state index is 14.9. The van der Waals surface area contributed by atoms with Crippen LogP contribution in [-0.4, -0.2) is 44.5 Å². The molecule has 7 rings (SSSR count). The Morgan fingerprint density at radius 2 is 1.65 bits per heavy atom. The van der Waals surface area contributed by atoms with Crippen molar-refractivity contribution >= 4 is 34.3 Å². The van der Waals surface area contributed by atoms with E-state index in [1.54, 1.807) is 21.8 Å². The number of hydrogen-bond acceptors (Lipinski definition) is 5. The summed E-state index contributed by atoms with van der Waals surface area (Å²) in [5.41, 5.74) is 5.35. The summed E-state index contributed by atoms with van der Waals surface area (Å²) < 4.78 is 7.94. The number of hydrogen-bond donors (Lipinski definition) is 2. The highest BCUT2D eigenvalue weighted by Gasteiger charge is 2.50. The lowest BCUT2D eigenvalue weighted by atomic mass is 9.85. The smallest absolute Gasteiger partial charge is 0.251 e. The molecule has 2 unspecified atom stereocenters. The van der Waals surface area contributed by atoms with E-state index in [1.165, 1.54) is 11.1 Å². The molecule has 3 amide bonds. The highest BCUT2D eigenvalue weighted by atomic mass is 16.5. The van der Waals surface area contributed by atoms with Crippen molar-refractivity contribution in [3.05, 3.63) is 126 Å². The summed E-state index contributed by atoms with van der Waals surface area (Å²) in [7, 11) is 1.86. The maximum Gasteiger partial charge on any atom is 0.251 e. The number of ether oxygens (including phenoxy) is 1. The van der Waals surface area contributed by atoms with Gasteiger partial charge in [-0.1, -0.05) is 93.1 Å². The number of carbonyl (C=O) groups is 3. The molecule has 250 valence electrons. The van der Waals surface area contributed by atoms with Gasteiger partial charge in [0.25, 0.3) is 5.91 Å². The van der Waals surface area contributed by atoms with Crippen LogP contribution in [0, 0.1) is 11.8 Å². The Morgan fingerprint density at radius 1 is 0.959 bits per heavy atom. The zero-order valence-corrected chi connectivity index (χ0v) is 28.0. The summed E-state index contributed by atoms with van der Waals surface area (Å²) in [6, 6.07) is 28.2. The topological polar surface area (TPSA) is 106 Å². The van der Waals surface area contributed by atoms with E-state index in [4.69, 9.17) is 4.74 Å². The largest absolute Gasteiger partial charge is 0.487 e. The molecule has 2 heterocycles. The lowest BCUT2D eigenvalue weighted by Crippen LogP contribution is -2.68. The van der Waals surface area contributed by atoms with Crippen LogP contribution < -0.4 is 15.4 Å². The molecule has 1 aliphatic heterocycles. The second-order valence-corrected chi connectivity index (χ2v) is 13.2. The summed E-state index contributed by atoms with van der Waals surface area (Å²) in [5, 5.41) is 11.4. The number of aryl methyl sites for hydroxylation is 1. The average molecular weight is 656 g/mol. The van der Waals surface area contributed by atoms with Gasteiger partial charge in [0, 0.05) is 12.4 Å². The fourth-order valence-electron chi connectivity index (χ4n) is 7.34. The van der Waals surface area contributed by atoms with E-state index in [0.29, 0.717) is 42.9 Å². The minimum atomic E-state index is -1.10. The van der Waals surface area contributed by atoms with Gasteiger partial charge in [0.1, 0.15) is 30.5 Å². The number of piperazine rings is 1.